The van der Waals surface area contributed by atoms with Crippen molar-refractivity contribution >= 4 is 28.7 Å². The van der Waals surface area contributed by atoms with Crippen LogP contribution < -0.4 is 4.90 Å². The number of nitriles is 1. The fourth-order valence-electron chi connectivity index (χ4n) is 4.20. The fourth-order valence-corrected chi connectivity index (χ4v) is 4.20. The third-order valence-corrected chi connectivity index (χ3v) is 6.21. The number of piperazine rings is 1. The standard InChI is InChI=1S/C19H20N6O3/c1-28-16(26)13-8-12-14(23-13)21-11-22-15(12)24-6-7-25(19(10-24)4-5-19)17(27)18(9-20)2-3-18/h8,11H,2-7,10H2,1H3,(H,21,22,23). The van der Waals surface area contributed by atoms with Crippen LogP contribution in [0.4, 0.5) is 5.82 Å². The van der Waals surface area contributed by atoms with E-state index in [1.54, 1.807) is 6.07 Å². The zero-order valence-electron chi connectivity index (χ0n) is 15.6. The summed E-state index contributed by atoms with van der Waals surface area (Å²) in [5, 5.41) is 10.2. The lowest BCUT2D eigenvalue weighted by Gasteiger charge is -2.43. The number of H-pyrrole nitrogens is 1. The number of methoxy groups -OCH3 is 1. The number of esters is 1. The van der Waals surface area contributed by atoms with Crippen molar-refractivity contribution in [2.45, 2.75) is 31.2 Å². The Morgan fingerprint density at radius 2 is 2.04 bits per heavy atom. The molecule has 1 amide bonds. The lowest BCUT2D eigenvalue weighted by Crippen LogP contribution is -2.58. The Bertz CT molecular complexity index is 1030. The van der Waals surface area contributed by atoms with Gasteiger partial charge in [-0.3, -0.25) is 4.79 Å². The number of ether oxygens (including phenoxy) is 1. The van der Waals surface area contributed by atoms with Gasteiger partial charge in [-0.05, 0) is 31.7 Å². The molecule has 0 aromatic carbocycles. The van der Waals surface area contributed by atoms with E-state index in [2.05, 4.69) is 25.9 Å². The molecule has 9 heteroatoms. The number of hydrogen-bond donors (Lipinski definition) is 1. The predicted octanol–water partition coefficient (Wildman–Crippen LogP) is 1.23. The van der Waals surface area contributed by atoms with Gasteiger partial charge in [0.05, 0.1) is 24.1 Å². The molecule has 0 unspecified atom stereocenters. The van der Waals surface area contributed by atoms with Gasteiger partial charge in [-0.25, -0.2) is 14.8 Å². The van der Waals surface area contributed by atoms with Crippen molar-refractivity contribution in [3.63, 3.8) is 0 Å². The number of nitrogens with zero attached hydrogens (tertiary/aromatic N) is 5. The van der Waals surface area contributed by atoms with Gasteiger partial charge < -0.3 is 19.5 Å². The van der Waals surface area contributed by atoms with Crippen LogP contribution in [0.15, 0.2) is 12.4 Å². The zero-order valence-corrected chi connectivity index (χ0v) is 15.6. The summed E-state index contributed by atoms with van der Waals surface area (Å²) in [6.07, 6.45) is 4.69. The number of nitrogens with one attached hydrogen (secondary N) is 1. The summed E-state index contributed by atoms with van der Waals surface area (Å²) in [6.45, 7) is 1.87. The number of carbonyl (C=O) groups excluding carboxylic acids is 2. The first-order chi connectivity index (χ1) is 13.5. The second kappa shape index (κ2) is 5.67. The van der Waals surface area contributed by atoms with Gasteiger partial charge in [0, 0.05) is 19.6 Å². The van der Waals surface area contributed by atoms with Gasteiger partial charge in [0.1, 0.15) is 28.9 Å². The van der Waals surface area contributed by atoms with Crippen molar-refractivity contribution in [2.75, 3.05) is 31.6 Å². The van der Waals surface area contributed by atoms with E-state index in [0.29, 0.717) is 43.8 Å². The van der Waals surface area contributed by atoms with Crippen LogP contribution in [-0.2, 0) is 9.53 Å². The third kappa shape index (κ3) is 2.37. The largest absolute Gasteiger partial charge is 0.464 e. The highest BCUT2D eigenvalue weighted by Gasteiger charge is 2.60. The van der Waals surface area contributed by atoms with Crippen molar-refractivity contribution in [2.24, 2.45) is 5.41 Å². The Morgan fingerprint density at radius 1 is 1.25 bits per heavy atom. The van der Waals surface area contributed by atoms with Gasteiger partial charge in [-0.2, -0.15) is 5.26 Å². The third-order valence-electron chi connectivity index (χ3n) is 6.21. The average molecular weight is 380 g/mol. The first-order valence-corrected chi connectivity index (χ1v) is 9.42. The molecule has 1 aliphatic heterocycles. The molecule has 2 aliphatic carbocycles. The molecule has 1 spiro atoms. The van der Waals surface area contributed by atoms with E-state index in [4.69, 9.17) is 4.74 Å². The average Bonchev–Trinajstić information content (AvgIpc) is 3.63. The number of rotatable bonds is 3. The molecule has 0 bridgehead atoms. The summed E-state index contributed by atoms with van der Waals surface area (Å²) in [5.41, 5.74) is -0.0784. The van der Waals surface area contributed by atoms with E-state index < -0.39 is 11.4 Å². The lowest BCUT2D eigenvalue weighted by atomic mass is 10.0. The molecule has 1 N–H and O–H groups in total. The maximum Gasteiger partial charge on any atom is 0.354 e. The first kappa shape index (κ1) is 17.0. The Kier molecular flexibility index (Phi) is 3.44. The van der Waals surface area contributed by atoms with E-state index in [1.165, 1.54) is 13.4 Å². The molecule has 2 aromatic heterocycles. The van der Waals surface area contributed by atoms with Crippen LogP contribution in [-0.4, -0.2) is 64.0 Å². The molecule has 0 atom stereocenters. The van der Waals surface area contributed by atoms with Crippen molar-refractivity contribution < 1.29 is 14.3 Å². The quantitative estimate of drug-likeness (QED) is 0.796. The first-order valence-electron chi connectivity index (χ1n) is 9.42. The normalized spacial score (nSPS) is 21.4. The number of fused-ring (bicyclic) bond motifs is 1. The number of amides is 1. The molecule has 28 heavy (non-hydrogen) atoms. The summed E-state index contributed by atoms with van der Waals surface area (Å²) in [5.74, 6) is 0.287. The summed E-state index contributed by atoms with van der Waals surface area (Å²) in [4.78, 5) is 40.5. The summed E-state index contributed by atoms with van der Waals surface area (Å²) < 4.78 is 4.78. The molecule has 3 heterocycles. The Morgan fingerprint density at radius 3 is 2.68 bits per heavy atom. The summed E-state index contributed by atoms with van der Waals surface area (Å²) in [7, 11) is 1.33. The smallest absolute Gasteiger partial charge is 0.354 e. The minimum absolute atomic E-state index is 0.00499. The fraction of sp³-hybridized carbons (Fsp3) is 0.526. The molecular weight excluding hydrogens is 360 g/mol. The van der Waals surface area contributed by atoms with Gasteiger partial charge in [-0.15, -0.1) is 0 Å². The van der Waals surface area contributed by atoms with Gasteiger partial charge >= 0.3 is 5.97 Å². The number of hydrogen-bond acceptors (Lipinski definition) is 7. The van der Waals surface area contributed by atoms with E-state index in [9.17, 15) is 14.9 Å². The van der Waals surface area contributed by atoms with Crippen LogP contribution in [0.5, 0.6) is 0 Å². The molecule has 9 nitrogen and oxygen atoms in total. The summed E-state index contributed by atoms with van der Waals surface area (Å²) in [6, 6.07) is 3.94. The van der Waals surface area contributed by atoms with E-state index in [-0.39, 0.29) is 11.4 Å². The Balaban J connectivity index is 1.44. The number of aromatic nitrogens is 3. The van der Waals surface area contributed by atoms with Crippen molar-refractivity contribution in [3.8, 4) is 6.07 Å². The van der Waals surface area contributed by atoms with Crippen LogP contribution in [0.1, 0.15) is 36.2 Å². The monoisotopic (exact) mass is 380 g/mol. The number of aromatic amines is 1. The maximum atomic E-state index is 12.9. The lowest BCUT2D eigenvalue weighted by molar-refractivity contribution is -0.138. The zero-order chi connectivity index (χ0) is 19.5. The highest BCUT2D eigenvalue weighted by molar-refractivity contribution is 5.97. The van der Waals surface area contributed by atoms with Crippen LogP contribution in [0.25, 0.3) is 11.0 Å². The highest BCUT2D eigenvalue weighted by atomic mass is 16.5. The molecule has 5 rings (SSSR count). The van der Waals surface area contributed by atoms with E-state index in [1.807, 2.05) is 4.90 Å². The highest BCUT2D eigenvalue weighted by Crippen LogP contribution is 2.52. The topological polar surface area (TPSA) is 115 Å². The van der Waals surface area contributed by atoms with Crippen molar-refractivity contribution in [3.05, 3.63) is 18.1 Å². The molecule has 1 saturated heterocycles. The minimum Gasteiger partial charge on any atom is -0.464 e. The van der Waals surface area contributed by atoms with Crippen LogP contribution in [0, 0.1) is 16.7 Å². The van der Waals surface area contributed by atoms with Crippen molar-refractivity contribution in [1.29, 1.82) is 5.26 Å². The van der Waals surface area contributed by atoms with Crippen LogP contribution in [0.2, 0.25) is 0 Å². The molecular formula is C19H20N6O3. The molecule has 2 saturated carbocycles. The van der Waals surface area contributed by atoms with Gasteiger partial charge in [-0.1, -0.05) is 0 Å². The van der Waals surface area contributed by atoms with Gasteiger partial charge in [0.2, 0.25) is 5.91 Å². The maximum absolute atomic E-state index is 12.9. The molecule has 144 valence electrons. The number of carbonyl (C=O) groups is 2. The molecule has 3 fully saturated rings. The molecule has 2 aromatic rings. The number of anilines is 1. The Labute approximate surface area is 161 Å². The SMILES string of the molecule is COC(=O)c1cc2c(N3CCN(C(=O)C4(C#N)CC4)C4(CC4)C3)ncnc2[nH]1. The predicted molar refractivity (Wildman–Crippen MR) is 98.4 cm³/mol. The van der Waals surface area contributed by atoms with E-state index >= 15 is 0 Å². The second-order valence-corrected chi connectivity index (χ2v) is 7.93. The molecule has 3 aliphatic rings. The van der Waals surface area contributed by atoms with Gasteiger partial charge in [0.15, 0.2) is 0 Å². The van der Waals surface area contributed by atoms with E-state index in [0.717, 1.165) is 24.0 Å². The second-order valence-electron chi connectivity index (χ2n) is 7.93. The van der Waals surface area contributed by atoms with Crippen LogP contribution in [0.3, 0.4) is 0 Å². The van der Waals surface area contributed by atoms with Gasteiger partial charge in [0.25, 0.3) is 0 Å². The Hall–Kier alpha value is -3.15. The molecule has 0 radical (unpaired) electrons. The summed E-state index contributed by atoms with van der Waals surface area (Å²) >= 11 is 0. The van der Waals surface area contributed by atoms with Crippen LogP contribution >= 0.6 is 0 Å². The minimum atomic E-state index is -0.782. The van der Waals surface area contributed by atoms with Crippen molar-refractivity contribution in [1.82, 2.24) is 19.9 Å².